The molecule has 0 unspecified atom stereocenters. The van der Waals surface area contributed by atoms with Gasteiger partial charge >= 0.3 is 0 Å². The Morgan fingerprint density at radius 3 is 2.45 bits per heavy atom. The molecular weight excluding hydrogens is 272 g/mol. The Morgan fingerprint density at radius 1 is 1.20 bits per heavy atom. The maximum absolute atomic E-state index is 12.4. The molecule has 1 aliphatic carbocycles. The molecule has 0 saturated heterocycles. The summed E-state index contributed by atoms with van der Waals surface area (Å²) in [6.45, 7) is 2.80. The predicted molar refractivity (Wildman–Crippen MR) is 80.9 cm³/mol. The van der Waals surface area contributed by atoms with Crippen LogP contribution in [0, 0.1) is 12.3 Å². The Labute approximate surface area is 121 Å². The highest BCUT2D eigenvalue weighted by molar-refractivity contribution is 7.89. The highest BCUT2D eigenvalue weighted by atomic mass is 32.2. The quantitative estimate of drug-likeness (QED) is 0.875. The standard InChI is InChI=1S/C15H24N2O2S/c1-13-7-3-4-8-14(13)20(18,19)17-12-15(11-16)9-5-2-6-10-15/h3-4,7-8,17H,2,5-6,9-12,16H2,1H3. The van der Waals surface area contributed by atoms with E-state index in [1.807, 2.05) is 19.1 Å². The molecule has 3 N–H and O–H groups in total. The molecule has 0 spiro atoms. The van der Waals surface area contributed by atoms with E-state index in [2.05, 4.69) is 4.72 Å². The number of benzene rings is 1. The molecular formula is C15H24N2O2S. The highest BCUT2D eigenvalue weighted by Gasteiger charge is 2.32. The number of sulfonamides is 1. The monoisotopic (exact) mass is 296 g/mol. The smallest absolute Gasteiger partial charge is 0.240 e. The molecule has 1 aromatic rings. The fourth-order valence-electron chi connectivity index (χ4n) is 2.94. The number of rotatable bonds is 5. The van der Waals surface area contributed by atoms with Crippen LogP contribution in [0.3, 0.4) is 0 Å². The van der Waals surface area contributed by atoms with Crippen molar-refractivity contribution in [3.8, 4) is 0 Å². The van der Waals surface area contributed by atoms with Crippen LogP contribution in [0.1, 0.15) is 37.7 Å². The first-order chi connectivity index (χ1) is 9.49. The summed E-state index contributed by atoms with van der Waals surface area (Å²) >= 11 is 0. The number of aryl methyl sites for hydroxylation is 1. The van der Waals surface area contributed by atoms with E-state index < -0.39 is 10.0 Å². The largest absolute Gasteiger partial charge is 0.330 e. The van der Waals surface area contributed by atoms with Gasteiger partial charge in [-0.25, -0.2) is 13.1 Å². The Morgan fingerprint density at radius 2 is 1.85 bits per heavy atom. The van der Waals surface area contributed by atoms with Crippen LogP contribution < -0.4 is 10.5 Å². The van der Waals surface area contributed by atoms with Gasteiger partial charge < -0.3 is 5.73 Å². The number of hydrogen-bond donors (Lipinski definition) is 2. The molecule has 0 bridgehead atoms. The van der Waals surface area contributed by atoms with Crippen LogP contribution in [0.25, 0.3) is 0 Å². The summed E-state index contributed by atoms with van der Waals surface area (Å²) in [5, 5.41) is 0. The summed E-state index contributed by atoms with van der Waals surface area (Å²) in [6, 6.07) is 7.05. The summed E-state index contributed by atoms with van der Waals surface area (Å²) in [5.41, 5.74) is 6.61. The van der Waals surface area contributed by atoms with E-state index >= 15 is 0 Å². The normalized spacial score (nSPS) is 18.9. The first-order valence-corrected chi connectivity index (χ1v) is 8.73. The molecule has 0 aromatic heterocycles. The van der Waals surface area contributed by atoms with E-state index in [0.29, 0.717) is 18.0 Å². The molecule has 1 aromatic carbocycles. The first kappa shape index (κ1) is 15.5. The molecule has 0 radical (unpaired) electrons. The summed E-state index contributed by atoms with van der Waals surface area (Å²) in [5.74, 6) is 0. The topological polar surface area (TPSA) is 72.2 Å². The van der Waals surface area contributed by atoms with Gasteiger partial charge in [0, 0.05) is 6.54 Å². The van der Waals surface area contributed by atoms with Gasteiger partial charge in [-0.05, 0) is 43.4 Å². The summed E-state index contributed by atoms with van der Waals surface area (Å²) in [4.78, 5) is 0.364. The lowest BCUT2D eigenvalue weighted by atomic mass is 9.74. The molecule has 0 amide bonds. The molecule has 112 valence electrons. The zero-order valence-electron chi connectivity index (χ0n) is 12.1. The second kappa shape index (κ2) is 6.24. The zero-order valence-corrected chi connectivity index (χ0v) is 12.9. The molecule has 1 fully saturated rings. The average Bonchev–Trinajstić information content (AvgIpc) is 2.47. The lowest BCUT2D eigenvalue weighted by molar-refractivity contribution is 0.202. The first-order valence-electron chi connectivity index (χ1n) is 7.24. The lowest BCUT2D eigenvalue weighted by Crippen LogP contribution is -2.43. The molecule has 0 heterocycles. The van der Waals surface area contributed by atoms with Crippen molar-refractivity contribution in [1.82, 2.24) is 4.72 Å². The maximum atomic E-state index is 12.4. The molecule has 0 atom stereocenters. The van der Waals surface area contributed by atoms with Crippen LogP contribution in [0.2, 0.25) is 0 Å². The van der Waals surface area contributed by atoms with E-state index in [-0.39, 0.29) is 5.41 Å². The van der Waals surface area contributed by atoms with Crippen molar-refractivity contribution in [3.63, 3.8) is 0 Å². The van der Waals surface area contributed by atoms with Crippen molar-refractivity contribution in [2.45, 2.75) is 43.9 Å². The zero-order chi connectivity index (χ0) is 14.6. The van der Waals surface area contributed by atoms with Crippen molar-refractivity contribution in [2.75, 3.05) is 13.1 Å². The van der Waals surface area contributed by atoms with E-state index in [1.165, 1.54) is 6.42 Å². The van der Waals surface area contributed by atoms with Gasteiger partial charge in [0.25, 0.3) is 0 Å². The Kier molecular flexibility index (Phi) is 4.83. The van der Waals surface area contributed by atoms with Crippen molar-refractivity contribution in [3.05, 3.63) is 29.8 Å². The van der Waals surface area contributed by atoms with E-state index in [1.54, 1.807) is 12.1 Å². The van der Waals surface area contributed by atoms with Crippen LogP contribution in [0.4, 0.5) is 0 Å². The van der Waals surface area contributed by atoms with Crippen molar-refractivity contribution in [1.29, 1.82) is 0 Å². The van der Waals surface area contributed by atoms with E-state index in [4.69, 9.17) is 5.73 Å². The van der Waals surface area contributed by atoms with Gasteiger partial charge in [-0.15, -0.1) is 0 Å². The molecule has 0 aliphatic heterocycles. The number of nitrogens with two attached hydrogens (primary N) is 1. The molecule has 2 rings (SSSR count). The SMILES string of the molecule is Cc1ccccc1S(=O)(=O)NCC1(CN)CCCCC1. The van der Waals surface area contributed by atoms with E-state index in [9.17, 15) is 8.42 Å². The van der Waals surface area contributed by atoms with E-state index in [0.717, 1.165) is 31.2 Å². The summed E-state index contributed by atoms with van der Waals surface area (Å²) in [6.07, 6.45) is 5.54. The minimum absolute atomic E-state index is 0.0615. The minimum atomic E-state index is -3.44. The van der Waals surface area contributed by atoms with Crippen LogP contribution >= 0.6 is 0 Å². The van der Waals surface area contributed by atoms with Gasteiger partial charge in [-0.1, -0.05) is 37.5 Å². The van der Waals surface area contributed by atoms with Gasteiger partial charge in [-0.2, -0.15) is 0 Å². The summed E-state index contributed by atoms with van der Waals surface area (Å²) in [7, 11) is -3.44. The second-order valence-electron chi connectivity index (χ2n) is 5.85. The van der Waals surface area contributed by atoms with Crippen molar-refractivity contribution >= 4 is 10.0 Å². The van der Waals surface area contributed by atoms with Crippen LogP contribution in [0.15, 0.2) is 29.2 Å². The fraction of sp³-hybridized carbons (Fsp3) is 0.600. The average molecular weight is 296 g/mol. The number of hydrogen-bond acceptors (Lipinski definition) is 3. The van der Waals surface area contributed by atoms with Gasteiger partial charge in [0.15, 0.2) is 0 Å². The van der Waals surface area contributed by atoms with Gasteiger partial charge in [0.2, 0.25) is 10.0 Å². The molecule has 1 aliphatic rings. The number of nitrogens with one attached hydrogen (secondary N) is 1. The maximum Gasteiger partial charge on any atom is 0.240 e. The predicted octanol–water partition coefficient (Wildman–Crippen LogP) is 2.18. The third-order valence-electron chi connectivity index (χ3n) is 4.37. The molecule has 4 nitrogen and oxygen atoms in total. The third kappa shape index (κ3) is 3.40. The third-order valence-corrected chi connectivity index (χ3v) is 5.93. The Hall–Kier alpha value is -0.910. The minimum Gasteiger partial charge on any atom is -0.330 e. The second-order valence-corrected chi connectivity index (χ2v) is 7.59. The van der Waals surface area contributed by atoms with Gasteiger partial charge in [0.05, 0.1) is 4.90 Å². The van der Waals surface area contributed by atoms with Gasteiger partial charge in [0.1, 0.15) is 0 Å². The highest BCUT2D eigenvalue weighted by Crippen LogP contribution is 2.35. The van der Waals surface area contributed by atoms with Crippen LogP contribution in [-0.2, 0) is 10.0 Å². The molecule has 5 heteroatoms. The van der Waals surface area contributed by atoms with Crippen molar-refractivity contribution in [2.24, 2.45) is 11.1 Å². The Bertz CT molecular complexity index is 549. The van der Waals surface area contributed by atoms with Crippen molar-refractivity contribution < 1.29 is 8.42 Å². The fourth-order valence-corrected chi connectivity index (χ4v) is 4.34. The van der Waals surface area contributed by atoms with Crippen LogP contribution in [0.5, 0.6) is 0 Å². The van der Waals surface area contributed by atoms with Gasteiger partial charge in [-0.3, -0.25) is 0 Å². The molecule has 1 saturated carbocycles. The van der Waals surface area contributed by atoms with Crippen LogP contribution in [-0.4, -0.2) is 21.5 Å². The Balaban J connectivity index is 2.11. The lowest BCUT2D eigenvalue weighted by Gasteiger charge is -2.36. The summed E-state index contributed by atoms with van der Waals surface area (Å²) < 4.78 is 27.6. The molecule has 20 heavy (non-hydrogen) atoms.